The summed E-state index contributed by atoms with van der Waals surface area (Å²) in [6.07, 6.45) is 3.22. The first-order chi connectivity index (χ1) is 5.11. The van der Waals surface area contributed by atoms with Gasteiger partial charge in [-0.25, -0.2) is 8.42 Å². The Bertz CT molecular complexity index is 330. The van der Waals surface area contributed by atoms with E-state index in [-0.39, 0.29) is 18.1 Å². The largest absolute Gasteiger partial charge is 0.301 e. The van der Waals surface area contributed by atoms with Gasteiger partial charge in [0, 0.05) is 6.20 Å². The lowest BCUT2D eigenvalue weighted by Gasteiger charge is -2.39. The fourth-order valence-electron chi connectivity index (χ4n) is 1.28. The van der Waals surface area contributed by atoms with Crippen molar-refractivity contribution >= 4 is 15.7 Å². The maximum atomic E-state index is 11.1. The van der Waals surface area contributed by atoms with E-state index in [0.717, 1.165) is 0 Å². The normalized spacial score (nSPS) is 32.9. The predicted molar refractivity (Wildman–Crippen MR) is 38.2 cm³/mol. The summed E-state index contributed by atoms with van der Waals surface area (Å²) in [6, 6.07) is 0. The third kappa shape index (κ3) is 0.805. The molecule has 0 N–H and O–H groups in total. The molecule has 0 spiro atoms. The van der Waals surface area contributed by atoms with Crippen molar-refractivity contribution in [1.82, 2.24) is 4.90 Å². The Hall–Kier alpha value is -0.840. The van der Waals surface area contributed by atoms with Gasteiger partial charge in [-0.05, 0) is 0 Å². The van der Waals surface area contributed by atoms with Crippen molar-refractivity contribution in [3.8, 4) is 0 Å². The van der Waals surface area contributed by atoms with Crippen molar-refractivity contribution in [2.45, 2.75) is 11.8 Å². The zero-order valence-electron chi connectivity index (χ0n) is 5.73. The van der Waals surface area contributed by atoms with Crippen LogP contribution in [0.25, 0.3) is 0 Å². The highest BCUT2D eigenvalue weighted by molar-refractivity contribution is 7.92. The van der Waals surface area contributed by atoms with Gasteiger partial charge >= 0.3 is 0 Å². The van der Waals surface area contributed by atoms with Crippen molar-refractivity contribution in [2.24, 2.45) is 0 Å². The van der Waals surface area contributed by atoms with E-state index in [0.29, 0.717) is 0 Å². The minimum absolute atomic E-state index is 0.0709. The van der Waals surface area contributed by atoms with Crippen LogP contribution in [0, 0.1) is 0 Å². The highest BCUT2D eigenvalue weighted by atomic mass is 32.2. The topological polar surface area (TPSA) is 54.5 Å². The monoisotopic (exact) mass is 173 g/mol. The van der Waals surface area contributed by atoms with Crippen molar-refractivity contribution in [3.05, 3.63) is 12.3 Å². The first-order valence-electron chi connectivity index (χ1n) is 3.31. The van der Waals surface area contributed by atoms with Crippen molar-refractivity contribution < 1.29 is 13.2 Å². The second-order valence-corrected chi connectivity index (χ2v) is 4.88. The number of carbonyl (C=O) groups excluding carboxylic acids is 1. The van der Waals surface area contributed by atoms with E-state index in [1.54, 1.807) is 6.20 Å². The molecule has 1 fully saturated rings. The maximum Gasteiger partial charge on any atom is 0.230 e. The molecule has 0 aromatic heterocycles. The molecule has 2 rings (SSSR count). The second-order valence-electron chi connectivity index (χ2n) is 2.67. The minimum atomic E-state index is -3.04. The zero-order valence-corrected chi connectivity index (χ0v) is 6.54. The molecule has 2 aliphatic heterocycles. The van der Waals surface area contributed by atoms with Crippen LogP contribution in [-0.4, -0.2) is 30.4 Å². The second kappa shape index (κ2) is 1.85. The van der Waals surface area contributed by atoms with Crippen molar-refractivity contribution in [1.29, 1.82) is 0 Å². The average Bonchev–Trinajstić information content (AvgIpc) is 1.91. The van der Waals surface area contributed by atoms with Gasteiger partial charge in [-0.2, -0.15) is 0 Å². The van der Waals surface area contributed by atoms with Crippen molar-refractivity contribution in [3.63, 3.8) is 0 Å². The molecule has 60 valence electrons. The summed E-state index contributed by atoms with van der Waals surface area (Å²) in [4.78, 5) is 12.0. The molecule has 5 heteroatoms. The lowest BCUT2D eigenvalue weighted by Crippen LogP contribution is -2.55. The third-order valence-electron chi connectivity index (χ3n) is 1.96. The van der Waals surface area contributed by atoms with Gasteiger partial charge in [-0.3, -0.25) is 4.79 Å². The summed E-state index contributed by atoms with van der Waals surface area (Å²) in [5.41, 5.74) is 0. The summed E-state index contributed by atoms with van der Waals surface area (Å²) in [7, 11) is -3.04. The molecule has 1 saturated heterocycles. The van der Waals surface area contributed by atoms with E-state index in [4.69, 9.17) is 0 Å². The summed E-state index contributed by atoms with van der Waals surface area (Å²) < 4.78 is 22.3. The van der Waals surface area contributed by atoms with E-state index in [1.807, 2.05) is 0 Å². The van der Waals surface area contributed by atoms with E-state index in [2.05, 4.69) is 0 Å². The minimum Gasteiger partial charge on any atom is -0.301 e. The average molecular weight is 173 g/mol. The van der Waals surface area contributed by atoms with Gasteiger partial charge in [-0.15, -0.1) is 0 Å². The Morgan fingerprint density at radius 2 is 2.27 bits per heavy atom. The summed E-state index contributed by atoms with van der Waals surface area (Å²) in [5.74, 6) is -0.0314. The molecule has 0 aromatic rings. The molecule has 4 nitrogen and oxygen atoms in total. The highest BCUT2D eigenvalue weighted by Crippen LogP contribution is 2.28. The number of hydrogen-bond acceptors (Lipinski definition) is 3. The van der Waals surface area contributed by atoms with Crippen LogP contribution in [-0.2, 0) is 14.6 Å². The van der Waals surface area contributed by atoms with Crippen LogP contribution in [0.5, 0.6) is 0 Å². The van der Waals surface area contributed by atoms with E-state index in [9.17, 15) is 13.2 Å². The first kappa shape index (κ1) is 6.84. The molecule has 0 radical (unpaired) electrons. The summed E-state index contributed by atoms with van der Waals surface area (Å²) >= 11 is 0. The molecule has 0 saturated carbocycles. The molecule has 0 unspecified atom stereocenters. The van der Waals surface area contributed by atoms with Crippen LogP contribution in [0.4, 0.5) is 0 Å². The van der Waals surface area contributed by atoms with E-state index < -0.39 is 15.2 Å². The molecule has 2 heterocycles. The molecule has 0 aliphatic carbocycles. The zero-order chi connectivity index (χ0) is 8.06. The van der Waals surface area contributed by atoms with E-state index >= 15 is 0 Å². The molecule has 0 aromatic carbocycles. The van der Waals surface area contributed by atoms with Crippen LogP contribution in [0.3, 0.4) is 0 Å². The fraction of sp³-hybridized carbons (Fsp3) is 0.500. The van der Waals surface area contributed by atoms with Gasteiger partial charge in [-0.1, -0.05) is 6.08 Å². The molecule has 2 aliphatic rings. The Labute approximate surface area is 64.4 Å². The standard InChI is InChI=1S/C6H7NO3S/c8-5-4-6-7(5)2-1-3-11(6,9)10/h1-2,6H,3-4H2/t6-/m0/s1. The van der Waals surface area contributed by atoms with Crippen LogP contribution in [0.2, 0.25) is 0 Å². The lowest BCUT2D eigenvalue weighted by molar-refractivity contribution is -0.137. The molecule has 0 bridgehead atoms. The van der Waals surface area contributed by atoms with Gasteiger partial charge in [0.15, 0.2) is 9.84 Å². The summed E-state index contributed by atoms with van der Waals surface area (Å²) in [5, 5.41) is -0.556. The number of sulfone groups is 1. The van der Waals surface area contributed by atoms with Crippen molar-refractivity contribution in [2.75, 3.05) is 5.75 Å². The number of nitrogens with zero attached hydrogens (tertiary/aromatic N) is 1. The Morgan fingerprint density at radius 3 is 2.82 bits per heavy atom. The Kier molecular flexibility index (Phi) is 1.15. The smallest absolute Gasteiger partial charge is 0.230 e. The van der Waals surface area contributed by atoms with Gasteiger partial charge in [0.25, 0.3) is 0 Å². The number of fused-ring (bicyclic) bond motifs is 1. The van der Waals surface area contributed by atoms with Gasteiger partial charge < -0.3 is 4.90 Å². The first-order valence-corrected chi connectivity index (χ1v) is 5.02. The SMILES string of the molecule is O=C1C[C@H]2N1C=CCS2(=O)=O. The van der Waals surface area contributed by atoms with Crippen LogP contribution in [0.15, 0.2) is 12.3 Å². The number of rotatable bonds is 0. The van der Waals surface area contributed by atoms with Gasteiger partial charge in [0.2, 0.25) is 5.91 Å². The third-order valence-corrected chi connectivity index (χ3v) is 3.84. The molecule has 11 heavy (non-hydrogen) atoms. The van der Waals surface area contributed by atoms with E-state index in [1.165, 1.54) is 11.0 Å². The van der Waals surface area contributed by atoms with Crippen LogP contribution < -0.4 is 0 Å². The van der Waals surface area contributed by atoms with Gasteiger partial charge in [0.05, 0.1) is 12.2 Å². The lowest BCUT2D eigenvalue weighted by atomic mass is 10.2. The number of hydrogen-bond donors (Lipinski definition) is 0. The molecular formula is C6H7NO3S. The number of amides is 1. The molecular weight excluding hydrogens is 166 g/mol. The summed E-state index contributed by atoms with van der Waals surface area (Å²) in [6.45, 7) is 0. The Morgan fingerprint density at radius 1 is 1.55 bits per heavy atom. The fourth-order valence-corrected chi connectivity index (χ4v) is 2.79. The Balaban J connectivity index is 2.39. The molecule has 1 atom stereocenters. The number of carbonyl (C=O) groups is 1. The maximum absolute atomic E-state index is 11.1. The van der Waals surface area contributed by atoms with Crippen LogP contribution in [0.1, 0.15) is 6.42 Å². The van der Waals surface area contributed by atoms with Crippen LogP contribution >= 0.6 is 0 Å². The highest BCUT2D eigenvalue weighted by Gasteiger charge is 2.45. The number of β-lactam (4-membered cyclic amide) rings is 1. The predicted octanol–water partition coefficient (Wildman–Crippen LogP) is -0.513. The molecule has 1 amide bonds. The van der Waals surface area contributed by atoms with Gasteiger partial charge in [0.1, 0.15) is 5.37 Å². The quantitative estimate of drug-likeness (QED) is 0.463.